The van der Waals surface area contributed by atoms with E-state index in [4.69, 9.17) is 9.26 Å². The SMILES string of the molecule is COC(=O)C(c1cc(C)no1)C(C)(C)CN1CCNCC1. The second-order valence-electron chi connectivity index (χ2n) is 6.34. The molecule has 1 unspecified atom stereocenters. The Labute approximate surface area is 125 Å². The Kier molecular flexibility index (Phi) is 5.00. The number of methoxy groups -OCH3 is 1. The lowest BCUT2D eigenvalue weighted by molar-refractivity contribution is -0.146. The summed E-state index contributed by atoms with van der Waals surface area (Å²) in [5.74, 6) is -0.135. The Balaban J connectivity index is 2.19. The first kappa shape index (κ1) is 16.0. The van der Waals surface area contributed by atoms with Gasteiger partial charge >= 0.3 is 5.97 Å². The molecule has 1 aliphatic rings. The number of aromatic nitrogens is 1. The lowest BCUT2D eigenvalue weighted by Gasteiger charge is -2.38. The average Bonchev–Trinajstić information content (AvgIpc) is 2.85. The van der Waals surface area contributed by atoms with Gasteiger partial charge in [0.25, 0.3) is 0 Å². The normalized spacial score (nSPS) is 18.5. The van der Waals surface area contributed by atoms with E-state index >= 15 is 0 Å². The van der Waals surface area contributed by atoms with Crippen LogP contribution in [-0.4, -0.2) is 55.9 Å². The molecule has 118 valence electrons. The highest BCUT2D eigenvalue weighted by molar-refractivity contribution is 5.78. The van der Waals surface area contributed by atoms with Crippen molar-refractivity contribution < 1.29 is 14.1 Å². The van der Waals surface area contributed by atoms with Crippen LogP contribution < -0.4 is 5.32 Å². The number of nitrogens with one attached hydrogen (secondary N) is 1. The van der Waals surface area contributed by atoms with E-state index in [2.05, 4.69) is 29.2 Å². The molecule has 1 aromatic heterocycles. The van der Waals surface area contributed by atoms with Gasteiger partial charge in [0.05, 0.1) is 12.8 Å². The van der Waals surface area contributed by atoms with Crippen LogP contribution >= 0.6 is 0 Å². The molecule has 1 fully saturated rings. The maximum atomic E-state index is 12.3. The summed E-state index contributed by atoms with van der Waals surface area (Å²) < 4.78 is 10.3. The van der Waals surface area contributed by atoms with Gasteiger partial charge in [-0.1, -0.05) is 19.0 Å². The molecule has 6 heteroatoms. The van der Waals surface area contributed by atoms with E-state index in [0.717, 1.165) is 38.4 Å². The Bertz CT molecular complexity index is 478. The molecule has 1 saturated heterocycles. The Morgan fingerprint density at radius 1 is 1.52 bits per heavy atom. The fourth-order valence-corrected chi connectivity index (χ4v) is 2.99. The number of carbonyl (C=O) groups is 1. The van der Waals surface area contributed by atoms with Gasteiger partial charge in [0.2, 0.25) is 0 Å². The minimum Gasteiger partial charge on any atom is -0.468 e. The van der Waals surface area contributed by atoms with Crippen molar-refractivity contribution in [1.29, 1.82) is 0 Å². The van der Waals surface area contributed by atoms with Crippen LogP contribution in [0.5, 0.6) is 0 Å². The number of carbonyl (C=O) groups excluding carboxylic acids is 1. The van der Waals surface area contributed by atoms with Gasteiger partial charge in [-0.15, -0.1) is 0 Å². The van der Waals surface area contributed by atoms with Gasteiger partial charge in [0.15, 0.2) is 5.76 Å². The molecular weight excluding hydrogens is 270 g/mol. The van der Waals surface area contributed by atoms with Crippen molar-refractivity contribution in [3.8, 4) is 0 Å². The summed E-state index contributed by atoms with van der Waals surface area (Å²) in [7, 11) is 1.42. The lowest BCUT2D eigenvalue weighted by atomic mass is 9.76. The number of piperazine rings is 1. The molecule has 0 aromatic carbocycles. The molecule has 1 aromatic rings. The first-order valence-electron chi connectivity index (χ1n) is 7.38. The third-order valence-corrected chi connectivity index (χ3v) is 3.99. The first-order valence-corrected chi connectivity index (χ1v) is 7.38. The van der Waals surface area contributed by atoms with Crippen LogP contribution in [0.25, 0.3) is 0 Å². The van der Waals surface area contributed by atoms with Crippen LogP contribution in [0.3, 0.4) is 0 Å². The van der Waals surface area contributed by atoms with Crippen molar-refractivity contribution >= 4 is 5.97 Å². The van der Waals surface area contributed by atoms with Gasteiger partial charge in [-0.25, -0.2) is 0 Å². The van der Waals surface area contributed by atoms with E-state index in [1.165, 1.54) is 7.11 Å². The Hall–Kier alpha value is -1.40. The molecule has 1 atom stereocenters. The van der Waals surface area contributed by atoms with E-state index in [9.17, 15) is 4.79 Å². The topological polar surface area (TPSA) is 67.6 Å². The fraction of sp³-hybridized carbons (Fsp3) is 0.733. The molecule has 2 rings (SSSR count). The molecular formula is C15H25N3O3. The smallest absolute Gasteiger partial charge is 0.317 e. The molecule has 0 spiro atoms. The number of ether oxygens (including phenoxy) is 1. The van der Waals surface area contributed by atoms with Crippen molar-refractivity contribution in [2.45, 2.75) is 26.7 Å². The third kappa shape index (κ3) is 3.83. The Morgan fingerprint density at radius 3 is 2.71 bits per heavy atom. The highest BCUT2D eigenvalue weighted by Crippen LogP contribution is 2.37. The van der Waals surface area contributed by atoms with E-state index in [-0.39, 0.29) is 11.4 Å². The molecule has 6 nitrogen and oxygen atoms in total. The molecule has 0 radical (unpaired) electrons. The molecule has 21 heavy (non-hydrogen) atoms. The number of esters is 1. The molecule has 2 heterocycles. The summed E-state index contributed by atoms with van der Waals surface area (Å²) in [5.41, 5.74) is 0.480. The van der Waals surface area contributed by atoms with Gasteiger partial charge in [0.1, 0.15) is 5.92 Å². The molecule has 0 bridgehead atoms. The van der Waals surface area contributed by atoms with Crippen molar-refractivity contribution in [3.63, 3.8) is 0 Å². The van der Waals surface area contributed by atoms with Gasteiger partial charge < -0.3 is 19.5 Å². The fourth-order valence-electron chi connectivity index (χ4n) is 2.99. The number of aryl methyl sites for hydroxylation is 1. The molecule has 1 N–H and O–H groups in total. The second kappa shape index (κ2) is 6.58. The largest absolute Gasteiger partial charge is 0.468 e. The summed E-state index contributed by atoms with van der Waals surface area (Å²) in [5, 5.41) is 7.24. The summed E-state index contributed by atoms with van der Waals surface area (Å²) in [6.07, 6.45) is 0. The van der Waals surface area contributed by atoms with Gasteiger partial charge in [-0.05, 0) is 12.3 Å². The zero-order valence-electron chi connectivity index (χ0n) is 13.3. The van der Waals surface area contributed by atoms with Crippen molar-refractivity contribution in [1.82, 2.24) is 15.4 Å². The van der Waals surface area contributed by atoms with Gasteiger partial charge in [-0.3, -0.25) is 4.79 Å². The van der Waals surface area contributed by atoms with E-state index in [1.54, 1.807) is 0 Å². The van der Waals surface area contributed by atoms with Crippen LogP contribution in [0.1, 0.15) is 31.2 Å². The number of rotatable bonds is 5. The summed E-state index contributed by atoms with van der Waals surface area (Å²) in [4.78, 5) is 14.6. The van der Waals surface area contributed by atoms with Gasteiger partial charge in [0, 0.05) is 38.8 Å². The monoisotopic (exact) mass is 295 g/mol. The van der Waals surface area contributed by atoms with Crippen LogP contribution in [0.15, 0.2) is 10.6 Å². The van der Waals surface area contributed by atoms with Crippen molar-refractivity contribution in [2.24, 2.45) is 5.41 Å². The lowest BCUT2D eigenvalue weighted by Crippen LogP contribution is -2.49. The number of hydrogen-bond acceptors (Lipinski definition) is 6. The molecule has 1 aliphatic heterocycles. The van der Waals surface area contributed by atoms with Crippen LogP contribution in [0.2, 0.25) is 0 Å². The highest BCUT2D eigenvalue weighted by atomic mass is 16.5. The zero-order valence-corrected chi connectivity index (χ0v) is 13.3. The third-order valence-electron chi connectivity index (χ3n) is 3.99. The predicted octanol–water partition coefficient (Wildman–Crippen LogP) is 1.17. The van der Waals surface area contributed by atoms with Gasteiger partial charge in [-0.2, -0.15) is 0 Å². The summed E-state index contributed by atoms with van der Waals surface area (Å²) in [6, 6.07) is 1.82. The molecule has 0 saturated carbocycles. The first-order chi connectivity index (χ1) is 9.94. The van der Waals surface area contributed by atoms with E-state index in [1.807, 2.05) is 13.0 Å². The van der Waals surface area contributed by atoms with E-state index in [0.29, 0.717) is 5.76 Å². The Morgan fingerprint density at radius 2 is 2.19 bits per heavy atom. The van der Waals surface area contributed by atoms with E-state index < -0.39 is 5.92 Å². The van der Waals surface area contributed by atoms with Crippen LogP contribution in [0.4, 0.5) is 0 Å². The molecule has 0 amide bonds. The van der Waals surface area contributed by atoms with Crippen molar-refractivity contribution in [2.75, 3.05) is 39.8 Å². The minimum atomic E-state index is -0.446. The standard InChI is InChI=1S/C15H25N3O3/c1-11-9-12(21-17-11)13(14(19)20-4)15(2,3)10-18-7-5-16-6-8-18/h9,13,16H,5-8,10H2,1-4H3. The quantitative estimate of drug-likeness (QED) is 0.823. The maximum Gasteiger partial charge on any atom is 0.317 e. The summed E-state index contributed by atoms with van der Waals surface area (Å²) >= 11 is 0. The molecule has 0 aliphatic carbocycles. The van der Waals surface area contributed by atoms with Crippen LogP contribution in [0, 0.1) is 12.3 Å². The number of nitrogens with zero attached hydrogens (tertiary/aromatic N) is 2. The zero-order chi connectivity index (χ0) is 15.5. The van der Waals surface area contributed by atoms with Crippen LogP contribution in [-0.2, 0) is 9.53 Å². The number of hydrogen-bond donors (Lipinski definition) is 1. The van der Waals surface area contributed by atoms with Crippen molar-refractivity contribution in [3.05, 3.63) is 17.5 Å². The predicted molar refractivity (Wildman–Crippen MR) is 79.1 cm³/mol. The summed E-state index contributed by atoms with van der Waals surface area (Å²) in [6.45, 7) is 10.8. The highest BCUT2D eigenvalue weighted by Gasteiger charge is 2.41. The second-order valence-corrected chi connectivity index (χ2v) is 6.34. The maximum absolute atomic E-state index is 12.3. The minimum absolute atomic E-state index is 0.272. The average molecular weight is 295 g/mol.